The predicted octanol–water partition coefficient (Wildman–Crippen LogP) is 1.51. The molecule has 2 aromatic heterocycles. The van der Waals surface area contributed by atoms with Crippen LogP contribution in [0.2, 0.25) is 0 Å². The summed E-state index contributed by atoms with van der Waals surface area (Å²) in [6.45, 7) is 5.21. The van der Waals surface area contributed by atoms with Crippen LogP contribution < -0.4 is 5.32 Å². The van der Waals surface area contributed by atoms with Crippen LogP contribution in [0.25, 0.3) is 0 Å². The third kappa shape index (κ3) is 3.51. The fourth-order valence-corrected chi connectivity index (χ4v) is 3.52. The third-order valence-electron chi connectivity index (χ3n) is 3.92. The van der Waals surface area contributed by atoms with Crippen molar-refractivity contribution in [1.29, 1.82) is 0 Å². The van der Waals surface area contributed by atoms with E-state index in [-0.39, 0.29) is 12.5 Å². The first-order valence-corrected chi connectivity index (χ1v) is 8.14. The van der Waals surface area contributed by atoms with Crippen LogP contribution in [0.1, 0.15) is 17.4 Å². The number of fused-ring (bicyclic) bond motifs is 1. The maximum Gasteiger partial charge on any atom is 0.241 e. The van der Waals surface area contributed by atoms with Crippen molar-refractivity contribution >= 4 is 17.2 Å². The van der Waals surface area contributed by atoms with Gasteiger partial charge in [-0.1, -0.05) is 0 Å². The molecule has 1 aliphatic heterocycles. The molecule has 0 radical (unpaired) electrons. The van der Waals surface area contributed by atoms with Crippen LogP contribution in [0.3, 0.4) is 0 Å². The summed E-state index contributed by atoms with van der Waals surface area (Å²) in [4.78, 5) is 15.8. The van der Waals surface area contributed by atoms with E-state index in [4.69, 9.17) is 0 Å². The van der Waals surface area contributed by atoms with Gasteiger partial charge in [0.2, 0.25) is 5.91 Å². The zero-order valence-corrected chi connectivity index (χ0v) is 13.0. The molecule has 1 aliphatic rings. The number of nitrogens with zero attached hydrogens (tertiary/aromatic N) is 3. The van der Waals surface area contributed by atoms with Gasteiger partial charge >= 0.3 is 0 Å². The molecule has 1 atom stereocenters. The van der Waals surface area contributed by atoms with Gasteiger partial charge in [0.05, 0.1) is 0 Å². The van der Waals surface area contributed by atoms with Crippen molar-refractivity contribution in [2.75, 3.05) is 13.1 Å². The van der Waals surface area contributed by atoms with Gasteiger partial charge in [-0.15, -0.1) is 11.3 Å². The molecule has 0 unspecified atom stereocenters. The highest BCUT2D eigenvalue weighted by molar-refractivity contribution is 7.10. The summed E-state index contributed by atoms with van der Waals surface area (Å²) in [5.74, 6) is 0.0128. The van der Waals surface area contributed by atoms with E-state index in [1.54, 1.807) is 17.1 Å². The van der Waals surface area contributed by atoms with E-state index in [0.717, 1.165) is 19.5 Å². The minimum absolute atomic E-state index is 0.0128. The van der Waals surface area contributed by atoms with Gasteiger partial charge in [0.15, 0.2) is 0 Å². The third-order valence-corrected chi connectivity index (χ3v) is 4.94. The van der Waals surface area contributed by atoms with Crippen molar-refractivity contribution in [1.82, 2.24) is 20.0 Å². The average Bonchev–Trinajstić information content (AvgIpc) is 3.14. The molecule has 0 bridgehead atoms. The minimum Gasteiger partial charge on any atom is -0.353 e. The highest BCUT2D eigenvalue weighted by Crippen LogP contribution is 2.24. The molecule has 3 rings (SSSR count). The number of rotatable bonds is 5. The first kappa shape index (κ1) is 14.3. The Bertz CT molecular complexity index is 593. The quantitative estimate of drug-likeness (QED) is 0.911. The smallest absolute Gasteiger partial charge is 0.241 e. The van der Waals surface area contributed by atoms with E-state index < -0.39 is 0 Å². The molecule has 0 saturated heterocycles. The van der Waals surface area contributed by atoms with Gasteiger partial charge in [0, 0.05) is 42.9 Å². The molecular formula is C15H20N4OS. The van der Waals surface area contributed by atoms with Crippen LogP contribution in [0.4, 0.5) is 0 Å². The molecule has 1 amide bonds. The molecule has 6 heteroatoms. The van der Waals surface area contributed by atoms with Crippen molar-refractivity contribution in [3.05, 3.63) is 40.3 Å². The number of carbonyl (C=O) groups is 1. The van der Waals surface area contributed by atoms with Gasteiger partial charge in [-0.25, -0.2) is 0 Å². The molecule has 21 heavy (non-hydrogen) atoms. The molecule has 0 fully saturated rings. The Morgan fingerprint density at radius 1 is 1.57 bits per heavy atom. The van der Waals surface area contributed by atoms with Crippen molar-refractivity contribution in [2.24, 2.45) is 0 Å². The monoisotopic (exact) mass is 304 g/mol. The molecule has 5 nitrogen and oxygen atoms in total. The second-order valence-electron chi connectivity index (χ2n) is 5.45. The van der Waals surface area contributed by atoms with Crippen molar-refractivity contribution in [2.45, 2.75) is 32.5 Å². The van der Waals surface area contributed by atoms with E-state index in [0.29, 0.717) is 12.6 Å². The first-order chi connectivity index (χ1) is 10.2. The molecule has 1 N–H and O–H groups in total. The van der Waals surface area contributed by atoms with Crippen LogP contribution in [0.15, 0.2) is 29.9 Å². The Hall–Kier alpha value is -1.66. The lowest BCUT2D eigenvalue weighted by Crippen LogP contribution is -2.44. The Kier molecular flexibility index (Phi) is 4.36. The fraction of sp³-hybridized carbons (Fsp3) is 0.467. The first-order valence-electron chi connectivity index (χ1n) is 7.26. The van der Waals surface area contributed by atoms with Gasteiger partial charge in [-0.3, -0.25) is 14.4 Å². The largest absolute Gasteiger partial charge is 0.353 e. The second-order valence-corrected chi connectivity index (χ2v) is 6.45. The van der Waals surface area contributed by atoms with Crippen LogP contribution in [-0.4, -0.2) is 39.7 Å². The van der Waals surface area contributed by atoms with Gasteiger partial charge in [-0.2, -0.15) is 5.10 Å². The van der Waals surface area contributed by atoms with Crippen LogP contribution in [0, 0.1) is 0 Å². The maximum atomic E-state index is 11.9. The Balaban J connectivity index is 1.46. The molecule has 0 aromatic carbocycles. The summed E-state index contributed by atoms with van der Waals surface area (Å²) >= 11 is 1.85. The van der Waals surface area contributed by atoms with Gasteiger partial charge in [-0.05, 0) is 36.4 Å². The fourth-order valence-electron chi connectivity index (χ4n) is 2.63. The van der Waals surface area contributed by atoms with E-state index >= 15 is 0 Å². The van der Waals surface area contributed by atoms with Gasteiger partial charge < -0.3 is 5.32 Å². The molecule has 0 spiro atoms. The van der Waals surface area contributed by atoms with E-state index in [1.807, 2.05) is 17.4 Å². The summed E-state index contributed by atoms with van der Waals surface area (Å²) in [6, 6.07) is 4.39. The normalized spacial score (nSPS) is 16.4. The summed E-state index contributed by atoms with van der Waals surface area (Å²) in [5, 5.41) is 9.21. The Morgan fingerprint density at radius 2 is 2.48 bits per heavy atom. The number of hydrogen-bond donors (Lipinski definition) is 1. The maximum absolute atomic E-state index is 11.9. The Morgan fingerprint density at radius 3 is 3.29 bits per heavy atom. The number of nitrogens with one attached hydrogen (secondary N) is 1. The number of carbonyl (C=O) groups excluding carboxylic acids is 1. The van der Waals surface area contributed by atoms with Crippen LogP contribution >= 0.6 is 11.3 Å². The number of hydrogen-bond acceptors (Lipinski definition) is 4. The number of amides is 1. The molecule has 0 aliphatic carbocycles. The SMILES string of the molecule is C[C@@H](CNC(=O)Cn1cccn1)N1CCc2sccc2C1. The minimum atomic E-state index is 0.0128. The zero-order chi connectivity index (χ0) is 14.7. The zero-order valence-electron chi connectivity index (χ0n) is 12.2. The Labute approximate surface area is 128 Å². The van der Waals surface area contributed by atoms with Crippen LogP contribution in [-0.2, 0) is 24.3 Å². The second kappa shape index (κ2) is 6.41. The lowest BCUT2D eigenvalue weighted by Gasteiger charge is -2.32. The number of thiophene rings is 1. The summed E-state index contributed by atoms with van der Waals surface area (Å²) in [5.41, 5.74) is 1.45. The summed E-state index contributed by atoms with van der Waals surface area (Å²) in [6.07, 6.45) is 4.60. The van der Waals surface area contributed by atoms with Gasteiger partial charge in [0.1, 0.15) is 6.54 Å². The van der Waals surface area contributed by atoms with E-state index in [9.17, 15) is 4.79 Å². The van der Waals surface area contributed by atoms with E-state index in [1.165, 1.54) is 10.4 Å². The average molecular weight is 304 g/mol. The molecule has 0 saturated carbocycles. The topological polar surface area (TPSA) is 50.2 Å². The molecule has 3 heterocycles. The van der Waals surface area contributed by atoms with Crippen molar-refractivity contribution < 1.29 is 4.79 Å². The predicted molar refractivity (Wildman–Crippen MR) is 83.1 cm³/mol. The highest BCUT2D eigenvalue weighted by atomic mass is 32.1. The molecule has 112 valence electrons. The van der Waals surface area contributed by atoms with Gasteiger partial charge in [0.25, 0.3) is 0 Å². The lowest BCUT2D eigenvalue weighted by atomic mass is 10.1. The highest BCUT2D eigenvalue weighted by Gasteiger charge is 2.21. The van der Waals surface area contributed by atoms with Crippen LogP contribution in [0.5, 0.6) is 0 Å². The molecule has 2 aromatic rings. The van der Waals surface area contributed by atoms with Crippen molar-refractivity contribution in [3.8, 4) is 0 Å². The van der Waals surface area contributed by atoms with Crippen molar-refractivity contribution in [3.63, 3.8) is 0 Å². The number of aromatic nitrogens is 2. The summed E-state index contributed by atoms with van der Waals surface area (Å²) < 4.78 is 1.64. The van der Waals surface area contributed by atoms with E-state index in [2.05, 4.69) is 33.7 Å². The standard InChI is InChI=1S/C15H20N4OS/c1-12(9-16-15(20)11-19-6-2-5-17-19)18-7-3-14-13(10-18)4-8-21-14/h2,4-6,8,12H,3,7,9-11H2,1H3,(H,16,20)/t12-/m0/s1. The lowest BCUT2D eigenvalue weighted by molar-refractivity contribution is -0.122. The summed E-state index contributed by atoms with van der Waals surface area (Å²) in [7, 11) is 0. The molecular weight excluding hydrogens is 284 g/mol.